The second-order valence-corrected chi connectivity index (χ2v) is 9.22. The number of hydrogen-bond acceptors (Lipinski definition) is 9. The fourth-order valence-electron chi connectivity index (χ4n) is 3.30. The Balaban J connectivity index is 1.68. The number of fused-ring (bicyclic) bond motifs is 1. The number of aromatic nitrogens is 2. The van der Waals surface area contributed by atoms with Gasteiger partial charge in [0.15, 0.2) is 5.82 Å². The van der Waals surface area contributed by atoms with Crippen LogP contribution in [0.5, 0.6) is 5.75 Å². The number of alkyl halides is 1. The Bertz CT molecular complexity index is 1280. The second kappa shape index (κ2) is 7.87. The highest BCUT2D eigenvalue weighted by Gasteiger charge is 2.69. The van der Waals surface area contributed by atoms with Gasteiger partial charge in [0.1, 0.15) is 51.8 Å². The molecule has 0 saturated carbocycles. The third-order valence-electron chi connectivity index (χ3n) is 5.05. The lowest BCUT2D eigenvalue weighted by molar-refractivity contribution is -0.240. The molecular formula is C16H12B3F2N2O8PS. The molecule has 0 spiro atoms. The minimum absolute atomic E-state index is 0.0680. The van der Waals surface area contributed by atoms with Gasteiger partial charge in [0, 0.05) is 11.8 Å². The average Bonchev–Trinajstić information content (AvgIpc) is 2.91. The van der Waals surface area contributed by atoms with Crippen molar-refractivity contribution in [2.24, 2.45) is 0 Å². The zero-order valence-electron chi connectivity index (χ0n) is 16.4. The van der Waals surface area contributed by atoms with Crippen molar-refractivity contribution in [1.82, 2.24) is 9.55 Å². The summed E-state index contributed by atoms with van der Waals surface area (Å²) < 4.78 is 62.2. The van der Waals surface area contributed by atoms with Crippen LogP contribution in [0.3, 0.4) is 0 Å². The van der Waals surface area contributed by atoms with Gasteiger partial charge in [-0.1, -0.05) is 30.4 Å². The van der Waals surface area contributed by atoms with E-state index in [4.69, 9.17) is 41.8 Å². The Morgan fingerprint density at radius 2 is 2.00 bits per heavy atom. The van der Waals surface area contributed by atoms with Gasteiger partial charge in [0.25, 0.3) is 5.85 Å². The van der Waals surface area contributed by atoms with E-state index in [2.05, 4.69) is 12.2 Å². The number of phosphoric ester groups is 1. The first-order valence-corrected chi connectivity index (χ1v) is 11.0. The molecule has 10 nitrogen and oxygen atoms in total. The average molecular weight is 494 g/mol. The quantitative estimate of drug-likeness (QED) is 0.305. The van der Waals surface area contributed by atoms with Gasteiger partial charge in [0.2, 0.25) is 0 Å². The van der Waals surface area contributed by atoms with Gasteiger partial charge in [-0.3, -0.25) is 18.6 Å². The zero-order valence-corrected chi connectivity index (χ0v) is 18.1. The number of halogens is 2. The molecule has 1 saturated heterocycles. The van der Waals surface area contributed by atoms with Crippen LogP contribution in [-0.4, -0.2) is 66.8 Å². The van der Waals surface area contributed by atoms with Crippen LogP contribution in [0.25, 0.3) is 0 Å². The third-order valence-corrected chi connectivity index (χ3v) is 6.74. The highest BCUT2D eigenvalue weighted by atomic mass is 32.1. The molecule has 33 heavy (non-hydrogen) atoms. The van der Waals surface area contributed by atoms with Crippen LogP contribution < -0.4 is 10.2 Å². The highest BCUT2D eigenvalue weighted by Crippen LogP contribution is 2.59. The maximum atomic E-state index is 15.9. The van der Waals surface area contributed by atoms with E-state index in [0.717, 1.165) is 0 Å². The van der Waals surface area contributed by atoms with E-state index in [1.54, 1.807) is 18.2 Å². The lowest BCUT2D eigenvalue weighted by Gasteiger charge is -2.42. The summed E-state index contributed by atoms with van der Waals surface area (Å²) in [6.45, 7) is -0.284. The number of nitrogens with one attached hydrogen (secondary N) is 1. The Hall–Kier alpha value is -1.80. The summed E-state index contributed by atoms with van der Waals surface area (Å²) in [5, 5.41) is 17.4. The maximum Gasteiger partial charge on any atom is 0.529 e. The molecule has 2 aliphatic rings. The SMILES string of the molecule is [B]C([B])(OP1(=O)OCc2ccccc2O1)[C@@]1(F)O[C@@]([B])(n2cc(F)c(=S)[nH]c2=O)[C@H](O)[C@@H]1O. The molecule has 3 heterocycles. The smallest absolute Gasteiger partial charge is 0.404 e. The van der Waals surface area contributed by atoms with Gasteiger partial charge < -0.3 is 19.5 Å². The minimum atomic E-state index is -4.70. The monoisotopic (exact) mass is 494 g/mol. The van der Waals surface area contributed by atoms with Crippen molar-refractivity contribution < 1.29 is 41.9 Å². The standard InChI is InChI=1S/C16H12B3F2N2O8PS/c17-15(23-5-8(20)12(33)22-13(23)26)11(25)10(24)14(21,30-15)16(18,19)31-32(27)28-6-7-3-1-2-4-9(7)29-32/h1-5,10-11,24-25H,6H2,(H,22,26,33)/t10-,11+,14-,15-,32?/m0/s1. The van der Waals surface area contributed by atoms with Crippen molar-refractivity contribution in [2.75, 3.05) is 0 Å². The largest absolute Gasteiger partial charge is 0.529 e. The maximum absolute atomic E-state index is 15.9. The molecule has 0 aliphatic carbocycles. The van der Waals surface area contributed by atoms with E-state index in [1.807, 2.05) is 4.98 Å². The summed E-state index contributed by atoms with van der Waals surface area (Å²) >= 11 is 4.57. The van der Waals surface area contributed by atoms with Crippen molar-refractivity contribution in [2.45, 2.75) is 35.7 Å². The molecule has 3 N–H and O–H groups in total. The number of H-pyrrole nitrogens is 1. The molecule has 1 aromatic carbocycles. The van der Waals surface area contributed by atoms with Gasteiger partial charge in [-0.05, 0) is 6.07 Å². The van der Waals surface area contributed by atoms with E-state index in [-0.39, 0.29) is 16.9 Å². The number of rotatable bonds is 4. The molecule has 168 valence electrons. The van der Waals surface area contributed by atoms with Crippen molar-refractivity contribution in [3.8, 4) is 5.75 Å². The fraction of sp³-hybridized carbons (Fsp3) is 0.375. The lowest BCUT2D eigenvalue weighted by atomic mass is 9.59. The number of aliphatic hydroxyl groups is 2. The van der Waals surface area contributed by atoms with E-state index in [0.29, 0.717) is 11.8 Å². The van der Waals surface area contributed by atoms with Crippen LogP contribution in [0.2, 0.25) is 0 Å². The summed E-state index contributed by atoms with van der Waals surface area (Å²) in [5.74, 6) is -4.95. The number of nitrogens with zero attached hydrogens (tertiary/aromatic N) is 1. The Kier molecular flexibility index (Phi) is 5.81. The third kappa shape index (κ3) is 3.83. The molecule has 2 aromatic rings. The van der Waals surface area contributed by atoms with Crippen LogP contribution in [0, 0.1) is 10.5 Å². The number of ether oxygens (including phenoxy) is 1. The van der Waals surface area contributed by atoms with Crippen molar-refractivity contribution in [1.29, 1.82) is 0 Å². The van der Waals surface area contributed by atoms with Crippen molar-refractivity contribution in [3.05, 3.63) is 57.0 Å². The van der Waals surface area contributed by atoms with Crippen LogP contribution in [0.4, 0.5) is 8.78 Å². The molecular weight excluding hydrogens is 482 g/mol. The van der Waals surface area contributed by atoms with Gasteiger partial charge in [0.05, 0.1) is 12.0 Å². The van der Waals surface area contributed by atoms with Crippen molar-refractivity contribution in [3.63, 3.8) is 0 Å². The van der Waals surface area contributed by atoms with E-state index < -0.39 is 53.1 Å². The Labute approximate surface area is 193 Å². The van der Waals surface area contributed by atoms with Gasteiger partial charge in [-0.25, -0.2) is 18.1 Å². The summed E-state index contributed by atoms with van der Waals surface area (Å²) in [6, 6.07) is 6.22. The first kappa shape index (κ1) is 24.3. The number of aromatic amines is 1. The number of benzene rings is 1. The fourth-order valence-corrected chi connectivity index (χ4v) is 4.79. The molecule has 0 amide bonds. The Morgan fingerprint density at radius 3 is 2.70 bits per heavy atom. The molecule has 1 fully saturated rings. The van der Waals surface area contributed by atoms with E-state index >= 15 is 4.39 Å². The molecule has 17 heteroatoms. The number of phosphoric acid groups is 1. The molecule has 2 aliphatic heterocycles. The highest BCUT2D eigenvalue weighted by molar-refractivity contribution is 7.71. The Morgan fingerprint density at radius 1 is 1.33 bits per heavy atom. The zero-order chi connectivity index (χ0) is 24.4. The van der Waals surface area contributed by atoms with E-state index in [1.165, 1.54) is 6.07 Å². The molecule has 4 rings (SSSR count). The first-order chi connectivity index (χ1) is 15.2. The normalized spacial score (nSPS) is 33.9. The van der Waals surface area contributed by atoms with Gasteiger partial charge in [-0.2, -0.15) is 0 Å². The predicted molar refractivity (Wildman–Crippen MR) is 111 cm³/mol. The molecule has 6 radical (unpaired) electrons. The molecule has 1 unspecified atom stereocenters. The predicted octanol–water partition coefficient (Wildman–Crippen LogP) is -0.0337. The summed E-state index contributed by atoms with van der Waals surface area (Å²) in [7, 11) is 12.4. The number of aliphatic hydroxyl groups excluding tert-OH is 2. The van der Waals surface area contributed by atoms with Crippen LogP contribution >= 0.6 is 20.0 Å². The number of hydrogen-bond donors (Lipinski definition) is 3. The first-order valence-electron chi connectivity index (χ1n) is 9.09. The molecule has 5 atom stereocenters. The second-order valence-electron chi connectivity index (χ2n) is 7.30. The van der Waals surface area contributed by atoms with Crippen LogP contribution in [0.1, 0.15) is 5.56 Å². The lowest BCUT2D eigenvalue weighted by Crippen LogP contribution is -2.60. The van der Waals surface area contributed by atoms with E-state index in [9.17, 15) is 24.0 Å². The summed E-state index contributed by atoms with van der Waals surface area (Å²) in [6.07, 6.45) is -4.75. The topological polar surface area (TPSA) is 132 Å². The summed E-state index contributed by atoms with van der Waals surface area (Å²) in [5.41, 5.74) is -3.71. The number of para-hydroxylation sites is 1. The molecule has 0 bridgehead atoms. The van der Waals surface area contributed by atoms with Gasteiger partial charge in [-0.15, -0.1) is 0 Å². The van der Waals surface area contributed by atoms with Crippen molar-refractivity contribution >= 4 is 43.6 Å². The van der Waals surface area contributed by atoms with Crippen LogP contribution in [0.15, 0.2) is 35.3 Å². The van der Waals surface area contributed by atoms with Crippen LogP contribution in [-0.2, 0) is 30.6 Å². The minimum Gasteiger partial charge on any atom is -0.404 e. The summed E-state index contributed by atoms with van der Waals surface area (Å²) in [4.78, 5) is 14.1. The van der Waals surface area contributed by atoms with Gasteiger partial charge >= 0.3 is 13.5 Å². The molecule has 1 aromatic heterocycles.